The highest BCUT2D eigenvalue weighted by atomic mass is 19.1. The van der Waals surface area contributed by atoms with Gasteiger partial charge in [0.25, 0.3) is 0 Å². The molecule has 6 heteroatoms. The normalized spacial score (nSPS) is 13.5. The molecule has 0 heterocycles. The summed E-state index contributed by atoms with van der Waals surface area (Å²) < 4.78 is 60.8. The summed E-state index contributed by atoms with van der Waals surface area (Å²) in [6, 6.07) is 22.7. The number of fused-ring (bicyclic) bond motifs is 4. The Kier molecular flexibility index (Phi) is 5.22. The number of hydrogen-bond donors (Lipinski definition) is 0. The predicted molar refractivity (Wildman–Crippen MR) is 141 cm³/mol. The minimum atomic E-state index is -0.833. The molecular formula is C34H16F4O2. The first kappa shape index (κ1) is 24.0. The maximum Gasteiger partial charge on any atom is 0.194 e. The number of ketones is 2. The van der Waals surface area contributed by atoms with Crippen molar-refractivity contribution in [3.8, 4) is 0 Å². The molecule has 7 rings (SSSR count). The van der Waals surface area contributed by atoms with Gasteiger partial charge in [-0.15, -0.1) is 0 Å². The lowest BCUT2D eigenvalue weighted by Gasteiger charge is -2.24. The van der Waals surface area contributed by atoms with Crippen LogP contribution in [0.2, 0.25) is 0 Å². The number of carbonyl (C=O) groups is 2. The summed E-state index contributed by atoms with van der Waals surface area (Å²) in [5.41, 5.74) is 0.764. The Morgan fingerprint density at radius 3 is 1.05 bits per heavy atom. The van der Waals surface area contributed by atoms with E-state index in [1.165, 1.54) is 24.3 Å². The number of carbonyl (C=O) groups excluding carboxylic acids is 2. The standard InChI is InChI=1S/C34H16F4O2/c35-25-11-5-12-26(36)31(25)29-17-7-1-3-9-19(17)33(39)23-16-22-24(15-21(23)29)34(40)20-10-4-2-8-18(20)30(22)32-27(37)13-6-14-28(32)38/h1-16H. The van der Waals surface area contributed by atoms with E-state index in [-0.39, 0.29) is 55.0 Å². The van der Waals surface area contributed by atoms with Crippen LogP contribution in [0.3, 0.4) is 0 Å². The summed E-state index contributed by atoms with van der Waals surface area (Å²) in [5, 5.41) is 0.320. The Hall–Kier alpha value is -5.10. The zero-order valence-corrected chi connectivity index (χ0v) is 20.6. The third-order valence-corrected chi connectivity index (χ3v) is 7.49. The van der Waals surface area contributed by atoms with Crippen LogP contribution in [0.15, 0.2) is 97.1 Å². The van der Waals surface area contributed by atoms with Gasteiger partial charge in [-0.05, 0) is 58.0 Å². The van der Waals surface area contributed by atoms with Crippen LogP contribution < -0.4 is 10.4 Å². The molecule has 0 saturated carbocycles. The molecule has 5 aromatic carbocycles. The summed E-state index contributed by atoms with van der Waals surface area (Å²) in [4.78, 5) is 27.6. The first-order chi connectivity index (χ1) is 19.4. The number of rotatable bonds is 2. The smallest absolute Gasteiger partial charge is 0.194 e. The van der Waals surface area contributed by atoms with E-state index in [2.05, 4.69) is 0 Å². The molecule has 0 amide bonds. The molecule has 0 saturated heterocycles. The molecule has 0 spiro atoms. The molecule has 0 aromatic heterocycles. The summed E-state index contributed by atoms with van der Waals surface area (Å²) in [7, 11) is 0. The zero-order chi connectivity index (χ0) is 27.7. The molecule has 0 aliphatic heterocycles. The maximum atomic E-state index is 15.2. The molecule has 0 atom stereocenters. The van der Waals surface area contributed by atoms with Gasteiger partial charge >= 0.3 is 0 Å². The van der Waals surface area contributed by atoms with Gasteiger partial charge in [0.15, 0.2) is 11.6 Å². The monoisotopic (exact) mass is 532 g/mol. The Morgan fingerprint density at radius 2 is 0.700 bits per heavy atom. The van der Waals surface area contributed by atoms with Crippen molar-refractivity contribution in [2.24, 2.45) is 0 Å². The van der Waals surface area contributed by atoms with Gasteiger partial charge in [0.2, 0.25) is 0 Å². The molecule has 5 aromatic rings. The van der Waals surface area contributed by atoms with E-state index in [0.717, 1.165) is 24.3 Å². The van der Waals surface area contributed by atoms with Crippen LogP contribution in [-0.4, -0.2) is 11.6 Å². The summed E-state index contributed by atoms with van der Waals surface area (Å²) in [6.45, 7) is 0. The maximum absolute atomic E-state index is 15.2. The van der Waals surface area contributed by atoms with Gasteiger partial charge < -0.3 is 0 Å². The second-order valence-corrected chi connectivity index (χ2v) is 9.64. The third kappa shape index (κ3) is 3.29. The molecule has 192 valence electrons. The van der Waals surface area contributed by atoms with E-state index in [0.29, 0.717) is 11.1 Å². The number of halogens is 4. The highest BCUT2D eigenvalue weighted by molar-refractivity contribution is 6.19. The fourth-order valence-electron chi connectivity index (χ4n) is 5.78. The van der Waals surface area contributed by atoms with Crippen molar-refractivity contribution >= 4 is 22.7 Å². The first-order valence-corrected chi connectivity index (χ1v) is 12.5. The van der Waals surface area contributed by atoms with Crippen LogP contribution in [0, 0.1) is 23.3 Å². The average Bonchev–Trinajstić information content (AvgIpc) is 2.95. The summed E-state index contributed by atoms with van der Waals surface area (Å²) in [5.74, 6) is -4.21. The molecule has 2 nitrogen and oxygen atoms in total. The highest BCUT2D eigenvalue weighted by Gasteiger charge is 2.32. The minimum Gasteiger partial charge on any atom is -0.289 e. The number of benzene rings is 5. The molecule has 0 bridgehead atoms. The second-order valence-electron chi connectivity index (χ2n) is 9.64. The molecule has 0 unspecified atom stereocenters. The van der Waals surface area contributed by atoms with Crippen LogP contribution in [0.25, 0.3) is 11.1 Å². The lowest BCUT2D eigenvalue weighted by atomic mass is 9.77. The van der Waals surface area contributed by atoms with E-state index in [1.54, 1.807) is 48.5 Å². The Balaban J connectivity index is 1.73. The number of hydrogen-bond acceptors (Lipinski definition) is 2. The van der Waals surface area contributed by atoms with Gasteiger partial charge in [-0.25, -0.2) is 17.6 Å². The minimum absolute atomic E-state index is 0.0662. The fourth-order valence-corrected chi connectivity index (χ4v) is 5.78. The second kappa shape index (κ2) is 8.71. The van der Waals surface area contributed by atoms with Crippen LogP contribution in [-0.2, 0) is 0 Å². The quantitative estimate of drug-likeness (QED) is 0.263. The van der Waals surface area contributed by atoms with E-state index >= 15 is 17.6 Å². The predicted octanol–water partition coefficient (Wildman–Crippen LogP) is 5.83. The van der Waals surface area contributed by atoms with Crippen molar-refractivity contribution in [3.63, 3.8) is 0 Å². The van der Waals surface area contributed by atoms with Crippen molar-refractivity contribution in [2.75, 3.05) is 0 Å². The molecule has 0 N–H and O–H groups in total. The van der Waals surface area contributed by atoms with Crippen molar-refractivity contribution in [1.29, 1.82) is 0 Å². The van der Waals surface area contributed by atoms with Crippen molar-refractivity contribution in [3.05, 3.63) is 175 Å². The van der Waals surface area contributed by atoms with Crippen LogP contribution >= 0.6 is 0 Å². The van der Waals surface area contributed by atoms with E-state index < -0.39 is 34.8 Å². The molecule has 0 radical (unpaired) electrons. The highest BCUT2D eigenvalue weighted by Crippen LogP contribution is 2.35. The molecular weight excluding hydrogens is 516 g/mol. The van der Waals surface area contributed by atoms with Gasteiger partial charge in [0, 0.05) is 33.4 Å². The largest absolute Gasteiger partial charge is 0.289 e. The molecule has 40 heavy (non-hydrogen) atoms. The van der Waals surface area contributed by atoms with Gasteiger partial charge in [0.05, 0.1) is 11.1 Å². The molecule has 0 fully saturated rings. The van der Waals surface area contributed by atoms with Gasteiger partial charge in [-0.2, -0.15) is 0 Å². The van der Waals surface area contributed by atoms with E-state index in [4.69, 9.17) is 0 Å². The Morgan fingerprint density at radius 1 is 0.375 bits per heavy atom. The zero-order valence-electron chi connectivity index (χ0n) is 20.6. The van der Waals surface area contributed by atoms with Crippen molar-refractivity contribution in [1.82, 2.24) is 0 Å². The summed E-state index contributed by atoms with van der Waals surface area (Å²) in [6.07, 6.45) is 0. The van der Waals surface area contributed by atoms with Gasteiger partial charge in [-0.3, -0.25) is 9.59 Å². The average molecular weight is 532 g/mol. The molecule has 2 aliphatic carbocycles. The van der Waals surface area contributed by atoms with Gasteiger partial charge in [-0.1, -0.05) is 60.7 Å². The SMILES string of the molecule is O=C1c2ccccc2C(c2c(F)cccc2F)=c2cc3c(cc21)=C(c1c(F)cccc1F)c1ccccc1C3=O. The van der Waals surface area contributed by atoms with Crippen LogP contribution in [0.4, 0.5) is 17.6 Å². The van der Waals surface area contributed by atoms with Crippen LogP contribution in [0.5, 0.6) is 0 Å². The Bertz CT molecular complexity index is 1900. The van der Waals surface area contributed by atoms with Crippen molar-refractivity contribution in [2.45, 2.75) is 0 Å². The Labute approximate surface area is 225 Å². The van der Waals surface area contributed by atoms with Gasteiger partial charge in [0.1, 0.15) is 23.3 Å². The topological polar surface area (TPSA) is 34.1 Å². The summed E-state index contributed by atoms with van der Waals surface area (Å²) >= 11 is 0. The van der Waals surface area contributed by atoms with E-state index in [1.807, 2.05) is 0 Å². The van der Waals surface area contributed by atoms with E-state index in [9.17, 15) is 9.59 Å². The van der Waals surface area contributed by atoms with Crippen molar-refractivity contribution < 1.29 is 27.2 Å². The van der Waals surface area contributed by atoms with Crippen LogP contribution in [0.1, 0.15) is 54.1 Å². The lowest BCUT2D eigenvalue weighted by molar-refractivity contribution is 0.102. The lowest BCUT2D eigenvalue weighted by Crippen LogP contribution is -2.35. The molecule has 2 aliphatic rings. The fraction of sp³-hybridized carbons (Fsp3) is 0. The third-order valence-electron chi connectivity index (χ3n) is 7.49. The first-order valence-electron chi connectivity index (χ1n) is 12.5.